The molecular weight excluding hydrogens is 328 g/mol. The van der Waals surface area contributed by atoms with E-state index in [0.29, 0.717) is 0 Å². The molecular formula is C16H18N4O3S. The molecule has 126 valence electrons. The number of carbonyl (C=O) groups is 1. The smallest absolute Gasteiger partial charge is 0.221 e. The standard InChI is InChI=1S/C16H18N4O3S/c1-12(19-16(21)8-13-6-7-24(22,23)9-13)14-2-4-15(5-3-14)20-11-17-10-18-20/h2-7,10-13H,8-9H2,1H3,(H,19,21). The Hall–Kier alpha value is -2.48. The second kappa shape index (κ2) is 6.56. The van der Waals surface area contributed by atoms with Gasteiger partial charge in [-0.1, -0.05) is 18.2 Å². The molecule has 2 heterocycles. The summed E-state index contributed by atoms with van der Waals surface area (Å²) in [5.74, 6) is -0.381. The molecule has 2 unspecified atom stereocenters. The van der Waals surface area contributed by atoms with Crippen LogP contribution in [0.15, 0.2) is 48.4 Å². The van der Waals surface area contributed by atoms with Gasteiger partial charge in [0.05, 0.1) is 17.5 Å². The van der Waals surface area contributed by atoms with Gasteiger partial charge in [-0.05, 0) is 24.6 Å². The number of rotatable bonds is 5. The van der Waals surface area contributed by atoms with Crippen molar-refractivity contribution in [2.24, 2.45) is 5.92 Å². The minimum absolute atomic E-state index is 0.0153. The highest BCUT2D eigenvalue weighted by Crippen LogP contribution is 2.20. The number of sulfone groups is 1. The summed E-state index contributed by atoms with van der Waals surface area (Å²) in [6, 6.07) is 7.48. The molecule has 1 aromatic heterocycles. The lowest BCUT2D eigenvalue weighted by atomic mass is 10.1. The zero-order chi connectivity index (χ0) is 17.2. The van der Waals surface area contributed by atoms with Gasteiger partial charge in [0.15, 0.2) is 9.84 Å². The maximum Gasteiger partial charge on any atom is 0.221 e. The van der Waals surface area contributed by atoms with Crippen LogP contribution in [-0.4, -0.2) is 34.8 Å². The molecule has 0 radical (unpaired) electrons. The number of aromatic nitrogens is 3. The predicted molar refractivity (Wildman–Crippen MR) is 89.0 cm³/mol. The molecule has 3 rings (SSSR count). The van der Waals surface area contributed by atoms with Gasteiger partial charge < -0.3 is 5.32 Å². The van der Waals surface area contributed by atoms with Crippen molar-refractivity contribution >= 4 is 15.7 Å². The van der Waals surface area contributed by atoms with Crippen molar-refractivity contribution in [2.45, 2.75) is 19.4 Å². The van der Waals surface area contributed by atoms with Gasteiger partial charge in [0, 0.05) is 17.7 Å². The zero-order valence-corrected chi connectivity index (χ0v) is 14.0. The van der Waals surface area contributed by atoms with E-state index in [-0.39, 0.29) is 30.0 Å². The fourth-order valence-corrected chi connectivity index (χ4v) is 4.04. The van der Waals surface area contributed by atoms with Crippen molar-refractivity contribution in [1.82, 2.24) is 20.1 Å². The predicted octanol–water partition coefficient (Wildman–Crippen LogP) is 1.39. The van der Waals surface area contributed by atoms with E-state index in [1.54, 1.807) is 17.1 Å². The van der Waals surface area contributed by atoms with Crippen molar-refractivity contribution < 1.29 is 13.2 Å². The van der Waals surface area contributed by atoms with Gasteiger partial charge in [0.1, 0.15) is 12.7 Å². The highest BCUT2D eigenvalue weighted by Gasteiger charge is 2.24. The van der Waals surface area contributed by atoms with Crippen LogP contribution >= 0.6 is 0 Å². The number of hydrogen-bond acceptors (Lipinski definition) is 5. The van der Waals surface area contributed by atoms with Crippen molar-refractivity contribution in [3.63, 3.8) is 0 Å². The van der Waals surface area contributed by atoms with Crippen LogP contribution in [0.5, 0.6) is 0 Å². The second-order valence-electron chi connectivity index (χ2n) is 5.84. The van der Waals surface area contributed by atoms with Crippen LogP contribution in [0.25, 0.3) is 5.69 Å². The molecule has 1 aromatic carbocycles. The number of benzene rings is 1. The summed E-state index contributed by atoms with van der Waals surface area (Å²) in [6.07, 6.45) is 4.85. The van der Waals surface area contributed by atoms with Gasteiger partial charge in [0.2, 0.25) is 5.91 Å². The lowest BCUT2D eigenvalue weighted by Gasteiger charge is -2.16. The molecule has 2 atom stereocenters. The van der Waals surface area contributed by atoms with Crippen molar-refractivity contribution in [1.29, 1.82) is 0 Å². The third-order valence-corrected chi connectivity index (χ3v) is 5.37. The second-order valence-corrected chi connectivity index (χ2v) is 7.77. The Kier molecular flexibility index (Phi) is 4.48. The highest BCUT2D eigenvalue weighted by atomic mass is 32.2. The molecule has 8 heteroatoms. The number of amides is 1. The Labute approximate surface area is 140 Å². The Morgan fingerprint density at radius 1 is 1.38 bits per heavy atom. The first-order valence-corrected chi connectivity index (χ1v) is 9.30. The van der Waals surface area contributed by atoms with Gasteiger partial charge in [-0.2, -0.15) is 5.10 Å². The van der Waals surface area contributed by atoms with Crippen LogP contribution in [0, 0.1) is 5.92 Å². The summed E-state index contributed by atoms with van der Waals surface area (Å²) in [5, 5.41) is 8.15. The van der Waals surface area contributed by atoms with E-state index in [2.05, 4.69) is 15.4 Å². The van der Waals surface area contributed by atoms with Gasteiger partial charge in [-0.3, -0.25) is 4.79 Å². The molecule has 0 saturated heterocycles. The van der Waals surface area contributed by atoms with Crippen LogP contribution in [0.4, 0.5) is 0 Å². The minimum Gasteiger partial charge on any atom is -0.350 e. The summed E-state index contributed by atoms with van der Waals surface area (Å²) in [6.45, 7) is 1.89. The fourth-order valence-electron chi connectivity index (χ4n) is 2.65. The molecule has 0 fully saturated rings. The van der Waals surface area contributed by atoms with E-state index >= 15 is 0 Å². The van der Waals surface area contributed by atoms with Crippen molar-refractivity contribution in [3.8, 4) is 5.69 Å². The number of nitrogens with zero attached hydrogens (tertiary/aromatic N) is 3. The van der Waals surface area contributed by atoms with E-state index in [1.165, 1.54) is 11.7 Å². The van der Waals surface area contributed by atoms with Gasteiger partial charge in [-0.15, -0.1) is 0 Å². The van der Waals surface area contributed by atoms with Crippen LogP contribution < -0.4 is 5.32 Å². The zero-order valence-electron chi connectivity index (χ0n) is 13.2. The maximum atomic E-state index is 12.1. The van der Waals surface area contributed by atoms with E-state index in [0.717, 1.165) is 11.3 Å². The highest BCUT2D eigenvalue weighted by molar-refractivity contribution is 7.94. The Morgan fingerprint density at radius 2 is 2.12 bits per heavy atom. The molecule has 1 amide bonds. The number of allylic oxidation sites excluding steroid dienone is 1. The summed E-state index contributed by atoms with van der Waals surface area (Å²) in [4.78, 5) is 16.0. The Morgan fingerprint density at radius 3 is 2.71 bits per heavy atom. The summed E-state index contributed by atoms with van der Waals surface area (Å²) in [7, 11) is -3.12. The average molecular weight is 346 g/mol. The van der Waals surface area contributed by atoms with Crippen LogP contribution in [-0.2, 0) is 14.6 Å². The molecule has 1 aliphatic rings. The largest absolute Gasteiger partial charge is 0.350 e. The third-order valence-electron chi connectivity index (χ3n) is 3.91. The topological polar surface area (TPSA) is 94.0 Å². The van der Waals surface area contributed by atoms with Crippen LogP contribution in [0.1, 0.15) is 24.9 Å². The lowest BCUT2D eigenvalue weighted by Crippen LogP contribution is -2.28. The molecule has 0 spiro atoms. The molecule has 2 aromatic rings. The molecule has 1 aliphatic heterocycles. The maximum absolute atomic E-state index is 12.1. The molecule has 24 heavy (non-hydrogen) atoms. The van der Waals surface area contributed by atoms with Crippen LogP contribution in [0.3, 0.4) is 0 Å². The first-order chi connectivity index (χ1) is 11.4. The first kappa shape index (κ1) is 16.4. The minimum atomic E-state index is -3.12. The van der Waals surface area contributed by atoms with Crippen LogP contribution in [0.2, 0.25) is 0 Å². The SMILES string of the molecule is CC(NC(=O)CC1C=CS(=O)(=O)C1)c1ccc(-n2cncn2)cc1. The van der Waals surface area contributed by atoms with E-state index in [1.807, 2.05) is 31.2 Å². The summed E-state index contributed by atoms with van der Waals surface area (Å²) >= 11 is 0. The summed E-state index contributed by atoms with van der Waals surface area (Å²) < 4.78 is 24.4. The average Bonchev–Trinajstić information content (AvgIpc) is 3.17. The summed E-state index contributed by atoms with van der Waals surface area (Å²) in [5.41, 5.74) is 1.85. The number of nitrogens with one attached hydrogen (secondary N) is 1. The Balaban J connectivity index is 1.57. The molecule has 0 saturated carbocycles. The van der Waals surface area contributed by atoms with E-state index in [9.17, 15) is 13.2 Å². The quantitative estimate of drug-likeness (QED) is 0.883. The molecule has 0 bridgehead atoms. The number of hydrogen-bond donors (Lipinski definition) is 1. The van der Waals surface area contributed by atoms with E-state index in [4.69, 9.17) is 0 Å². The molecule has 1 N–H and O–H groups in total. The molecule has 7 nitrogen and oxygen atoms in total. The Bertz CT molecular complexity index is 842. The van der Waals surface area contributed by atoms with Crippen molar-refractivity contribution in [3.05, 3.63) is 54.0 Å². The van der Waals surface area contributed by atoms with Crippen molar-refractivity contribution in [2.75, 3.05) is 5.75 Å². The first-order valence-electron chi connectivity index (χ1n) is 7.58. The third kappa shape index (κ3) is 3.88. The normalized spacial score (nSPS) is 20.0. The fraction of sp³-hybridized carbons (Fsp3) is 0.312. The van der Waals surface area contributed by atoms with Gasteiger partial charge in [-0.25, -0.2) is 18.1 Å². The lowest BCUT2D eigenvalue weighted by molar-refractivity contribution is -0.122. The monoisotopic (exact) mass is 346 g/mol. The molecule has 0 aliphatic carbocycles. The van der Waals surface area contributed by atoms with Gasteiger partial charge in [0.25, 0.3) is 0 Å². The van der Waals surface area contributed by atoms with Gasteiger partial charge >= 0.3 is 0 Å². The van der Waals surface area contributed by atoms with E-state index < -0.39 is 9.84 Å². The number of carbonyl (C=O) groups excluding carboxylic acids is 1.